The lowest BCUT2D eigenvalue weighted by molar-refractivity contribution is -0.137. The molecule has 0 unspecified atom stereocenters. The first kappa shape index (κ1) is 22.0. The first-order valence-electron chi connectivity index (χ1n) is 9.71. The third-order valence-corrected chi connectivity index (χ3v) is 5.59. The Morgan fingerprint density at radius 3 is 2.72 bits per heavy atom. The first-order chi connectivity index (χ1) is 15.0. The van der Waals surface area contributed by atoms with Gasteiger partial charge in [0.05, 0.1) is 23.9 Å². The Bertz CT molecular complexity index is 1180. The molecular weight excluding hydrogens is 443 g/mol. The van der Waals surface area contributed by atoms with Crippen LogP contribution in [0.15, 0.2) is 29.9 Å². The molecule has 1 amide bonds. The molecule has 0 fully saturated rings. The lowest BCUT2D eigenvalue weighted by Crippen LogP contribution is -2.24. The summed E-state index contributed by atoms with van der Waals surface area (Å²) in [7, 11) is 1.42. The zero-order chi connectivity index (χ0) is 23.1. The summed E-state index contributed by atoms with van der Waals surface area (Å²) < 4.78 is 46.6. The molecule has 0 spiro atoms. The Labute approximate surface area is 186 Å². The van der Waals surface area contributed by atoms with Crippen molar-refractivity contribution in [3.63, 3.8) is 0 Å². The van der Waals surface area contributed by atoms with E-state index in [1.807, 2.05) is 19.9 Å². The molecule has 1 aliphatic heterocycles. The van der Waals surface area contributed by atoms with Gasteiger partial charge in [-0.1, -0.05) is 0 Å². The molecule has 0 atom stereocenters. The molecule has 168 valence electrons. The van der Waals surface area contributed by atoms with E-state index in [0.29, 0.717) is 11.4 Å². The van der Waals surface area contributed by atoms with Gasteiger partial charge in [-0.2, -0.15) is 13.2 Å². The average molecular weight is 463 g/mol. The summed E-state index contributed by atoms with van der Waals surface area (Å²) in [6.45, 7) is 3.98. The van der Waals surface area contributed by atoms with Gasteiger partial charge < -0.3 is 15.4 Å². The number of pyridine rings is 2. The maximum absolute atomic E-state index is 13.6. The summed E-state index contributed by atoms with van der Waals surface area (Å²) in [5.41, 5.74) is 1.05. The van der Waals surface area contributed by atoms with E-state index in [1.165, 1.54) is 13.2 Å². The van der Waals surface area contributed by atoms with Gasteiger partial charge >= 0.3 is 6.18 Å². The second-order valence-electron chi connectivity index (χ2n) is 7.97. The van der Waals surface area contributed by atoms with Gasteiger partial charge in [0, 0.05) is 30.6 Å². The third kappa shape index (κ3) is 4.67. The number of likely N-dealkylation sites (N-methyl/N-ethyl adjacent to an activating group) is 1. The van der Waals surface area contributed by atoms with Crippen LogP contribution in [-0.2, 0) is 23.8 Å². The molecule has 0 bridgehead atoms. The zero-order valence-corrected chi connectivity index (χ0v) is 18.3. The molecule has 4 heterocycles. The SMILES string of the molecule is CNC(=O)Cc1cnc(Nc2nc(-c3cc4c(cn3)OC(C)(C)C4)cs2)c(C(F)(F)F)c1. The second kappa shape index (κ2) is 8.05. The number of hydrogen-bond donors (Lipinski definition) is 2. The van der Waals surface area contributed by atoms with Gasteiger partial charge in [-0.25, -0.2) is 9.97 Å². The number of nitrogens with zero attached hydrogens (tertiary/aromatic N) is 3. The number of anilines is 2. The molecule has 3 aromatic rings. The van der Waals surface area contributed by atoms with Crippen LogP contribution < -0.4 is 15.4 Å². The highest BCUT2D eigenvalue weighted by Crippen LogP contribution is 2.38. The second-order valence-corrected chi connectivity index (χ2v) is 8.82. The minimum atomic E-state index is -4.65. The largest absolute Gasteiger partial charge is 0.486 e. The topological polar surface area (TPSA) is 89.0 Å². The molecule has 0 saturated heterocycles. The highest BCUT2D eigenvalue weighted by molar-refractivity contribution is 7.14. The van der Waals surface area contributed by atoms with Gasteiger partial charge in [-0.05, 0) is 31.5 Å². The quantitative estimate of drug-likeness (QED) is 0.584. The average Bonchev–Trinajstić information content (AvgIpc) is 3.29. The van der Waals surface area contributed by atoms with E-state index in [0.717, 1.165) is 35.1 Å². The monoisotopic (exact) mass is 463 g/mol. The Hall–Kier alpha value is -3.21. The van der Waals surface area contributed by atoms with E-state index >= 15 is 0 Å². The molecule has 0 radical (unpaired) electrons. The number of rotatable bonds is 5. The summed E-state index contributed by atoms with van der Waals surface area (Å²) in [4.78, 5) is 24.1. The fourth-order valence-electron chi connectivity index (χ4n) is 3.39. The number of ether oxygens (including phenoxy) is 1. The van der Waals surface area contributed by atoms with Gasteiger partial charge in [-0.15, -0.1) is 11.3 Å². The number of nitrogens with one attached hydrogen (secondary N) is 2. The van der Waals surface area contributed by atoms with Crippen LogP contribution in [0.1, 0.15) is 30.5 Å². The minimum absolute atomic E-state index is 0.162. The zero-order valence-electron chi connectivity index (χ0n) is 17.5. The molecule has 7 nitrogen and oxygen atoms in total. The van der Waals surface area contributed by atoms with Gasteiger partial charge in [0.15, 0.2) is 5.13 Å². The van der Waals surface area contributed by atoms with Crippen LogP contribution in [-0.4, -0.2) is 33.5 Å². The smallest absolute Gasteiger partial charge is 0.419 e. The summed E-state index contributed by atoms with van der Waals surface area (Å²) in [6.07, 6.45) is -1.24. The predicted molar refractivity (Wildman–Crippen MR) is 114 cm³/mol. The lowest BCUT2D eigenvalue weighted by atomic mass is 10.0. The molecule has 11 heteroatoms. The summed E-state index contributed by atoms with van der Waals surface area (Å²) in [5, 5.41) is 6.99. The van der Waals surface area contributed by atoms with Crippen molar-refractivity contribution >= 4 is 28.2 Å². The van der Waals surface area contributed by atoms with Crippen molar-refractivity contribution in [2.45, 2.75) is 38.5 Å². The molecule has 1 aliphatic rings. The normalized spacial score (nSPS) is 14.6. The number of carbonyl (C=O) groups is 1. The molecular formula is C21H20F3N5O2S. The number of amides is 1. The molecule has 32 heavy (non-hydrogen) atoms. The number of thiazole rings is 1. The van der Waals surface area contributed by atoms with E-state index in [-0.39, 0.29) is 28.5 Å². The number of halogens is 3. The number of alkyl halides is 3. The standard InChI is InChI=1S/C21H20F3N5O2S/c1-20(2)7-12-6-14(26-9-16(12)31-20)15-10-32-19(28-15)29-18-13(21(22,23)24)4-11(8-27-18)5-17(30)25-3/h4,6,8-10H,5,7H2,1-3H3,(H,25,30)(H,27,28,29). The van der Waals surface area contributed by atoms with E-state index in [4.69, 9.17) is 4.74 Å². The molecule has 0 saturated carbocycles. The van der Waals surface area contributed by atoms with Crippen LogP contribution in [0.2, 0.25) is 0 Å². The van der Waals surface area contributed by atoms with Crippen LogP contribution in [0.25, 0.3) is 11.4 Å². The summed E-state index contributed by atoms with van der Waals surface area (Å²) in [6, 6.07) is 2.80. The van der Waals surface area contributed by atoms with Crippen molar-refractivity contribution in [2.24, 2.45) is 0 Å². The van der Waals surface area contributed by atoms with Crippen molar-refractivity contribution in [3.8, 4) is 17.1 Å². The number of carbonyl (C=O) groups excluding carboxylic acids is 1. The van der Waals surface area contributed by atoms with Crippen molar-refractivity contribution in [2.75, 3.05) is 12.4 Å². The fourth-order valence-corrected chi connectivity index (χ4v) is 4.09. The lowest BCUT2D eigenvalue weighted by Gasteiger charge is -2.16. The van der Waals surface area contributed by atoms with Crippen LogP contribution in [0.4, 0.5) is 24.1 Å². The predicted octanol–water partition coefficient (Wildman–Crippen LogP) is 4.36. The summed E-state index contributed by atoms with van der Waals surface area (Å²) >= 11 is 1.15. The van der Waals surface area contributed by atoms with Crippen molar-refractivity contribution in [1.29, 1.82) is 0 Å². The van der Waals surface area contributed by atoms with Gasteiger partial charge in [0.25, 0.3) is 0 Å². The third-order valence-electron chi connectivity index (χ3n) is 4.84. The number of fused-ring (bicyclic) bond motifs is 1. The van der Waals surface area contributed by atoms with Crippen LogP contribution in [0.3, 0.4) is 0 Å². The van der Waals surface area contributed by atoms with Gasteiger partial charge in [0.2, 0.25) is 5.91 Å². The van der Waals surface area contributed by atoms with Crippen molar-refractivity contribution < 1.29 is 22.7 Å². The van der Waals surface area contributed by atoms with Crippen molar-refractivity contribution in [3.05, 3.63) is 46.6 Å². The first-order valence-corrected chi connectivity index (χ1v) is 10.6. The van der Waals surface area contributed by atoms with Crippen LogP contribution >= 0.6 is 11.3 Å². The highest BCUT2D eigenvalue weighted by atomic mass is 32.1. The van der Waals surface area contributed by atoms with E-state index in [2.05, 4.69) is 25.6 Å². The Morgan fingerprint density at radius 2 is 2.00 bits per heavy atom. The minimum Gasteiger partial charge on any atom is -0.486 e. The maximum Gasteiger partial charge on any atom is 0.419 e. The van der Waals surface area contributed by atoms with E-state index in [9.17, 15) is 18.0 Å². The van der Waals surface area contributed by atoms with Crippen LogP contribution in [0, 0.1) is 0 Å². The fraction of sp³-hybridized carbons (Fsp3) is 0.333. The highest BCUT2D eigenvalue weighted by Gasteiger charge is 2.35. The van der Waals surface area contributed by atoms with Gasteiger partial charge in [-0.3, -0.25) is 9.78 Å². The maximum atomic E-state index is 13.6. The molecule has 3 aromatic heterocycles. The van der Waals surface area contributed by atoms with Gasteiger partial charge in [0.1, 0.15) is 22.9 Å². The van der Waals surface area contributed by atoms with E-state index < -0.39 is 17.6 Å². The van der Waals surface area contributed by atoms with Crippen molar-refractivity contribution in [1.82, 2.24) is 20.3 Å². The molecule has 2 N–H and O–H groups in total. The summed E-state index contributed by atoms with van der Waals surface area (Å²) in [5.74, 6) is -0.0554. The number of aromatic nitrogens is 3. The molecule has 0 aliphatic carbocycles. The molecule has 0 aromatic carbocycles. The Kier molecular flexibility index (Phi) is 5.53. The van der Waals surface area contributed by atoms with E-state index in [1.54, 1.807) is 11.6 Å². The molecule has 4 rings (SSSR count). The Balaban J connectivity index is 1.58. The number of hydrogen-bond acceptors (Lipinski definition) is 7. The van der Waals surface area contributed by atoms with Crippen LogP contribution in [0.5, 0.6) is 5.75 Å². The Morgan fingerprint density at radius 1 is 1.22 bits per heavy atom.